The lowest BCUT2D eigenvalue weighted by Crippen LogP contribution is -2.11. The first-order chi connectivity index (χ1) is 11.2. The molecule has 0 unspecified atom stereocenters. The fourth-order valence-electron chi connectivity index (χ4n) is 2.17. The molecule has 0 spiro atoms. The van der Waals surface area contributed by atoms with Gasteiger partial charge >= 0.3 is 0 Å². The number of nitrogens with one attached hydrogen (secondary N) is 1. The highest BCUT2D eigenvalue weighted by molar-refractivity contribution is 9.10. The molecule has 23 heavy (non-hydrogen) atoms. The van der Waals surface area contributed by atoms with Gasteiger partial charge in [-0.1, -0.05) is 47.1 Å². The first kappa shape index (κ1) is 15.9. The number of carbonyl (C=O) groups excluding carboxylic acids is 1. The minimum absolute atomic E-state index is 0.136. The normalized spacial score (nSPS) is 10.5. The Morgan fingerprint density at radius 1 is 1.22 bits per heavy atom. The van der Waals surface area contributed by atoms with Crippen LogP contribution in [-0.4, -0.2) is 10.9 Å². The number of nitrogens with zero attached hydrogens (tertiary/aromatic N) is 1. The minimum atomic E-state index is -0.136. The number of amides is 1. The van der Waals surface area contributed by atoms with Crippen molar-refractivity contribution in [2.24, 2.45) is 0 Å². The van der Waals surface area contributed by atoms with E-state index in [2.05, 4.69) is 33.2 Å². The lowest BCUT2D eigenvalue weighted by molar-refractivity contribution is 0.102. The molecule has 0 aliphatic heterocycles. The average molecular weight is 387 g/mol. The number of rotatable bonds is 4. The van der Waals surface area contributed by atoms with Gasteiger partial charge < -0.3 is 0 Å². The molecule has 1 N–H and O–H groups in total. The molecule has 1 amide bonds. The van der Waals surface area contributed by atoms with Crippen molar-refractivity contribution < 1.29 is 4.79 Å². The Labute approximate surface area is 147 Å². The summed E-state index contributed by atoms with van der Waals surface area (Å²) in [6.07, 6.45) is 0.963. The minimum Gasteiger partial charge on any atom is -0.298 e. The van der Waals surface area contributed by atoms with Crippen LogP contribution in [0.4, 0.5) is 5.13 Å². The van der Waals surface area contributed by atoms with Gasteiger partial charge in [-0.15, -0.1) is 11.3 Å². The molecule has 3 nitrogen and oxygen atoms in total. The summed E-state index contributed by atoms with van der Waals surface area (Å²) in [4.78, 5) is 16.7. The predicted molar refractivity (Wildman–Crippen MR) is 99.0 cm³/mol. The molecule has 1 heterocycles. The van der Waals surface area contributed by atoms with E-state index in [0.29, 0.717) is 10.7 Å². The van der Waals surface area contributed by atoms with Crippen molar-refractivity contribution in [2.75, 3.05) is 5.32 Å². The summed E-state index contributed by atoms with van der Waals surface area (Å²) in [5.41, 5.74) is 3.73. The standard InChI is InChI=1S/C18H15BrN2OS/c1-2-12-6-8-13(9-7-12)17(22)21-18-20-16(11-23-18)14-4-3-5-15(19)10-14/h3-11H,2H2,1H3,(H,20,21,22). The number of carbonyl (C=O) groups is 1. The highest BCUT2D eigenvalue weighted by atomic mass is 79.9. The number of aromatic nitrogens is 1. The molecule has 1 aromatic heterocycles. The maximum Gasteiger partial charge on any atom is 0.257 e. The summed E-state index contributed by atoms with van der Waals surface area (Å²) in [6, 6.07) is 15.6. The zero-order chi connectivity index (χ0) is 16.2. The van der Waals surface area contributed by atoms with Crippen molar-refractivity contribution >= 4 is 38.3 Å². The Morgan fingerprint density at radius 2 is 2.00 bits per heavy atom. The molecule has 116 valence electrons. The summed E-state index contributed by atoms with van der Waals surface area (Å²) in [5, 5.41) is 5.40. The zero-order valence-corrected chi connectivity index (χ0v) is 14.9. The third-order valence-corrected chi connectivity index (χ3v) is 4.72. The van der Waals surface area contributed by atoms with Gasteiger partial charge in [-0.2, -0.15) is 0 Å². The molecule has 0 saturated heterocycles. The van der Waals surface area contributed by atoms with Crippen LogP contribution in [0.2, 0.25) is 0 Å². The smallest absolute Gasteiger partial charge is 0.257 e. The molecule has 0 saturated carbocycles. The highest BCUT2D eigenvalue weighted by Crippen LogP contribution is 2.27. The van der Waals surface area contributed by atoms with Crippen LogP contribution in [0.15, 0.2) is 58.4 Å². The number of hydrogen-bond acceptors (Lipinski definition) is 3. The molecule has 0 atom stereocenters. The van der Waals surface area contributed by atoms with Crippen molar-refractivity contribution in [3.63, 3.8) is 0 Å². The Morgan fingerprint density at radius 3 is 2.70 bits per heavy atom. The second-order valence-electron chi connectivity index (χ2n) is 5.05. The third kappa shape index (κ3) is 3.86. The van der Waals surface area contributed by atoms with Crippen molar-refractivity contribution in [3.8, 4) is 11.3 Å². The van der Waals surface area contributed by atoms with E-state index in [1.165, 1.54) is 16.9 Å². The van der Waals surface area contributed by atoms with Gasteiger partial charge in [-0.05, 0) is 36.2 Å². The number of hydrogen-bond donors (Lipinski definition) is 1. The molecule has 3 rings (SSSR count). The van der Waals surface area contributed by atoms with E-state index >= 15 is 0 Å². The molecular formula is C18H15BrN2OS. The van der Waals surface area contributed by atoms with Crippen LogP contribution in [0.5, 0.6) is 0 Å². The van der Waals surface area contributed by atoms with Crippen LogP contribution < -0.4 is 5.32 Å². The Balaban J connectivity index is 1.74. The van der Waals surface area contributed by atoms with Gasteiger partial charge in [0, 0.05) is 21.0 Å². The fraction of sp³-hybridized carbons (Fsp3) is 0.111. The van der Waals surface area contributed by atoms with E-state index < -0.39 is 0 Å². The molecule has 0 fully saturated rings. The fourth-order valence-corrected chi connectivity index (χ4v) is 3.29. The van der Waals surface area contributed by atoms with E-state index in [1.807, 2.05) is 53.9 Å². The molecule has 0 aliphatic rings. The van der Waals surface area contributed by atoms with Gasteiger partial charge in [0.15, 0.2) is 5.13 Å². The molecule has 0 bridgehead atoms. The Kier molecular flexibility index (Phi) is 4.88. The van der Waals surface area contributed by atoms with Crippen molar-refractivity contribution in [2.45, 2.75) is 13.3 Å². The van der Waals surface area contributed by atoms with Crippen LogP contribution >= 0.6 is 27.3 Å². The third-order valence-electron chi connectivity index (χ3n) is 3.47. The van der Waals surface area contributed by atoms with Gasteiger partial charge in [0.1, 0.15) is 0 Å². The van der Waals surface area contributed by atoms with Gasteiger partial charge in [0.2, 0.25) is 0 Å². The zero-order valence-electron chi connectivity index (χ0n) is 12.5. The summed E-state index contributed by atoms with van der Waals surface area (Å²) in [6.45, 7) is 2.09. The monoisotopic (exact) mass is 386 g/mol. The number of thiazole rings is 1. The van der Waals surface area contributed by atoms with E-state index in [-0.39, 0.29) is 5.91 Å². The van der Waals surface area contributed by atoms with Crippen molar-refractivity contribution in [3.05, 3.63) is 69.5 Å². The number of benzene rings is 2. The van der Waals surface area contributed by atoms with E-state index in [0.717, 1.165) is 22.2 Å². The van der Waals surface area contributed by atoms with Crippen molar-refractivity contribution in [1.29, 1.82) is 0 Å². The first-order valence-electron chi connectivity index (χ1n) is 7.27. The van der Waals surface area contributed by atoms with Crippen molar-refractivity contribution in [1.82, 2.24) is 4.98 Å². The van der Waals surface area contributed by atoms with Gasteiger partial charge in [0.25, 0.3) is 5.91 Å². The van der Waals surface area contributed by atoms with Gasteiger partial charge in [-0.25, -0.2) is 4.98 Å². The van der Waals surface area contributed by atoms with E-state index in [1.54, 1.807) is 0 Å². The van der Waals surface area contributed by atoms with Gasteiger partial charge in [-0.3, -0.25) is 10.1 Å². The quantitative estimate of drug-likeness (QED) is 0.653. The van der Waals surface area contributed by atoms with Crippen LogP contribution in [-0.2, 0) is 6.42 Å². The molecule has 2 aromatic carbocycles. The summed E-state index contributed by atoms with van der Waals surface area (Å²) >= 11 is 4.88. The summed E-state index contributed by atoms with van der Waals surface area (Å²) < 4.78 is 1.00. The van der Waals surface area contributed by atoms with Crippen LogP contribution in [0, 0.1) is 0 Å². The lowest BCUT2D eigenvalue weighted by Gasteiger charge is -2.03. The SMILES string of the molecule is CCc1ccc(C(=O)Nc2nc(-c3cccc(Br)c3)cs2)cc1. The summed E-state index contributed by atoms with van der Waals surface area (Å²) in [5.74, 6) is -0.136. The second-order valence-corrected chi connectivity index (χ2v) is 6.83. The van der Waals surface area contributed by atoms with Crippen LogP contribution in [0.25, 0.3) is 11.3 Å². The molecule has 0 radical (unpaired) electrons. The predicted octanol–water partition coefficient (Wildman–Crippen LogP) is 5.39. The Hall–Kier alpha value is -1.98. The van der Waals surface area contributed by atoms with Crippen LogP contribution in [0.3, 0.4) is 0 Å². The number of halogens is 1. The largest absolute Gasteiger partial charge is 0.298 e. The number of aryl methyl sites for hydroxylation is 1. The molecule has 3 aromatic rings. The number of anilines is 1. The maximum absolute atomic E-state index is 12.3. The van der Waals surface area contributed by atoms with E-state index in [4.69, 9.17) is 0 Å². The van der Waals surface area contributed by atoms with Gasteiger partial charge in [0.05, 0.1) is 5.69 Å². The molecular weight excluding hydrogens is 372 g/mol. The molecule has 5 heteroatoms. The first-order valence-corrected chi connectivity index (χ1v) is 8.94. The highest BCUT2D eigenvalue weighted by Gasteiger charge is 2.10. The maximum atomic E-state index is 12.3. The average Bonchev–Trinajstić information content (AvgIpc) is 3.03. The second kappa shape index (κ2) is 7.06. The Bertz CT molecular complexity index is 827. The topological polar surface area (TPSA) is 42.0 Å². The lowest BCUT2D eigenvalue weighted by atomic mass is 10.1. The summed E-state index contributed by atoms with van der Waals surface area (Å²) in [7, 11) is 0. The molecule has 0 aliphatic carbocycles. The van der Waals surface area contributed by atoms with E-state index in [9.17, 15) is 4.79 Å². The van der Waals surface area contributed by atoms with Crippen LogP contribution in [0.1, 0.15) is 22.8 Å².